The summed E-state index contributed by atoms with van der Waals surface area (Å²) in [6.45, 7) is 11.6. The summed E-state index contributed by atoms with van der Waals surface area (Å²) in [5.41, 5.74) is 2.80. The van der Waals surface area contributed by atoms with E-state index in [2.05, 4.69) is 35.4 Å². The minimum absolute atomic E-state index is 0.118. The van der Waals surface area contributed by atoms with E-state index in [1.54, 1.807) is 0 Å². The third-order valence-electron chi connectivity index (χ3n) is 6.07. The fourth-order valence-electron chi connectivity index (χ4n) is 4.01. The van der Waals surface area contributed by atoms with E-state index in [4.69, 9.17) is 9.72 Å². The third kappa shape index (κ3) is 7.70. The topological polar surface area (TPSA) is 83.6 Å². The van der Waals surface area contributed by atoms with Crippen LogP contribution in [-0.4, -0.2) is 49.1 Å². The molecular weight excluding hydrogens is 416 g/mol. The second kappa shape index (κ2) is 12.0. The Balaban J connectivity index is 1.50. The normalized spacial score (nSPS) is 14.6. The van der Waals surface area contributed by atoms with Crippen molar-refractivity contribution in [3.05, 3.63) is 29.8 Å². The SMILES string of the molecule is Cc1cc(N2CCC(C)CC2)nc2ccc(NC(=O)CCC(=O)NCCCOC(C)C)cc12. The number of fused-ring (bicyclic) bond motifs is 1. The van der Waals surface area contributed by atoms with Crippen LogP contribution in [0.1, 0.15) is 58.4 Å². The summed E-state index contributed by atoms with van der Waals surface area (Å²) >= 11 is 0. The molecule has 1 aromatic heterocycles. The lowest BCUT2D eigenvalue weighted by Crippen LogP contribution is -2.33. The van der Waals surface area contributed by atoms with Crippen molar-refractivity contribution in [2.45, 2.75) is 65.9 Å². The maximum atomic E-state index is 12.3. The molecule has 2 N–H and O–H groups in total. The number of carbonyl (C=O) groups is 2. The summed E-state index contributed by atoms with van der Waals surface area (Å²) in [6.07, 6.45) is 3.68. The Labute approximate surface area is 197 Å². The van der Waals surface area contributed by atoms with E-state index < -0.39 is 0 Å². The first-order valence-corrected chi connectivity index (χ1v) is 12.2. The number of hydrogen-bond acceptors (Lipinski definition) is 5. The standard InChI is InChI=1S/C26H38N4O3/c1-18(2)33-15-5-12-27-25(31)8-9-26(32)28-21-6-7-23-22(17-21)20(4)16-24(29-23)30-13-10-19(3)11-14-30/h6-7,16-19H,5,8-15H2,1-4H3,(H,27,31)(H,28,32). The van der Waals surface area contributed by atoms with Crippen molar-refractivity contribution in [1.29, 1.82) is 0 Å². The van der Waals surface area contributed by atoms with E-state index >= 15 is 0 Å². The largest absolute Gasteiger partial charge is 0.379 e. The molecule has 0 spiro atoms. The van der Waals surface area contributed by atoms with Gasteiger partial charge in [-0.2, -0.15) is 0 Å². The van der Waals surface area contributed by atoms with E-state index in [1.807, 2.05) is 32.0 Å². The van der Waals surface area contributed by atoms with Crippen LogP contribution in [0.15, 0.2) is 24.3 Å². The molecule has 1 aliphatic heterocycles. The molecule has 1 saturated heterocycles. The maximum absolute atomic E-state index is 12.3. The van der Waals surface area contributed by atoms with E-state index in [-0.39, 0.29) is 30.8 Å². The molecule has 0 atom stereocenters. The van der Waals surface area contributed by atoms with Gasteiger partial charge in [0.2, 0.25) is 11.8 Å². The molecule has 2 heterocycles. The van der Waals surface area contributed by atoms with Gasteiger partial charge in [-0.3, -0.25) is 9.59 Å². The summed E-state index contributed by atoms with van der Waals surface area (Å²) in [4.78, 5) is 31.5. The van der Waals surface area contributed by atoms with Gasteiger partial charge in [0.1, 0.15) is 5.82 Å². The molecule has 0 radical (unpaired) electrons. The maximum Gasteiger partial charge on any atom is 0.224 e. The van der Waals surface area contributed by atoms with Crippen LogP contribution in [0.3, 0.4) is 0 Å². The molecule has 2 aromatic rings. The van der Waals surface area contributed by atoms with Gasteiger partial charge in [0.15, 0.2) is 0 Å². The Kier molecular flexibility index (Phi) is 9.06. The zero-order valence-electron chi connectivity index (χ0n) is 20.4. The zero-order valence-corrected chi connectivity index (χ0v) is 20.4. The summed E-state index contributed by atoms with van der Waals surface area (Å²) in [5, 5.41) is 6.77. The molecule has 7 heteroatoms. The quantitative estimate of drug-likeness (QED) is 0.519. The number of hydrogen-bond donors (Lipinski definition) is 2. The predicted octanol–water partition coefficient (Wildman–Crippen LogP) is 4.43. The summed E-state index contributed by atoms with van der Waals surface area (Å²) in [6, 6.07) is 7.94. The van der Waals surface area contributed by atoms with Crippen LogP contribution in [0, 0.1) is 12.8 Å². The number of piperidine rings is 1. The van der Waals surface area contributed by atoms with E-state index in [0.717, 1.165) is 53.4 Å². The number of amides is 2. The Morgan fingerprint density at radius 1 is 1.15 bits per heavy atom. The van der Waals surface area contributed by atoms with Gasteiger partial charge in [-0.15, -0.1) is 0 Å². The van der Waals surface area contributed by atoms with Crippen LogP contribution in [0.25, 0.3) is 10.9 Å². The number of rotatable bonds is 10. The van der Waals surface area contributed by atoms with Gasteiger partial charge in [-0.1, -0.05) is 6.92 Å². The average molecular weight is 455 g/mol. The van der Waals surface area contributed by atoms with Gasteiger partial charge < -0.3 is 20.3 Å². The van der Waals surface area contributed by atoms with Crippen LogP contribution in [0.4, 0.5) is 11.5 Å². The highest BCUT2D eigenvalue weighted by Crippen LogP contribution is 2.28. The molecule has 0 saturated carbocycles. The van der Waals surface area contributed by atoms with Crippen LogP contribution in [-0.2, 0) is 14.3 Å². The second-order valence-corrected chi connectivity index (χ2v) is 9.37. The first-order chi connectivity index (χ1) is 15.8. The summed E-state index contributed by atoms with van der Waals surface area (Å²) in [5.74, 6) is 1.53. The van der Waals surface area contributed by atoms with E-state index in [0.29, 0.717) is 13.2 Å². The molecule has 1 aliphatic rings. The number of benzene rings is 1. The molecule has 1 aromatic carbocycles. The van der Waals surface area contributed by atoms with Crippen molar-refractivity contribution in [2.24, 2.45) is 5.92 Å². The fraction of sp³-hybridized carbons (Fsp3) is 0.577. The zero-order chi connectivity index (χ0) is 23.8. The van der Waals surface area contributed by atoms with Crippen molar-refractivity contribution in [1.82, 2.24) is 10.3 Å². The molecule has 3 rings (SSSR count). The van der Waals surface area contributed by atoms with Crippen LogP contribution < -0.4 is 15.5 Å². The van der Waals surface area contributed by atoms with Crippen molar-refractivity contribution in [2.75, 3.05) is 36.5 Å². The molecule has 7 nitrogen and oxygen atoms in total. The molecule has 180 valence electrons. The van der Waals surface area contributed by atoms with Crippen molar-refractivity contribution in [3.8, 4) is 0 Å². The first-order valence-electron chi connectivity index (χ1n) is 12.2. The van der Waals surface area contributed by atoms with Crippen molar-refractivity contribution < 1.29 is 14.3 Å². The van der Waals surface area contributed by atoms with Gasteiger partial charge >= 0.3 is 0 Å². The lowest BCUT2D eigenvalue weighted by molar-refractivity contribution is -0.124. The minimum Gasteiger partial charge on any atom is -0.379 e. The number of carbonyl (C=O) groups excluding carboxylic acids is 2. The van der Waals surface area contributed by atoms with Crippen molar-refractivity contribution in [3.63, 3.8) is 0 Å². The molecule has 0 unspecified atom stereocenters. The van der Waals surface area contributed by atoms with Gasteiger partial charge in [-0.25, -0.2) is 4.98 Å². The number of pyridine rings is 1. The van der Waals surface area contributed by atoms with Gasteiger partial charge in [0.25, 0.3) is 0 Å². The number of anilines is 2. The number of aromatic nitrogens is 1. The molecule has 1 fully saturated rings. The first kappa shape index (κ1) is 25.0. The monoisotopic (exact) mass is 454 g/mol. The number of nitrogens with zero attached hydrogens (tertiary/aromatic N) is 2. The van der Waals surface area contributed by atoms with Gasteiger partial charge in [0, 0.05) is 50.2 Å². The third-order valence-corrected chi connectivity index (χ3v) is 6.07. The van der Waals surface area contributed by atoms with Gasteiger partial charge in [-0.05, 0) is 75.8 Å². The number of ether oxygens (including phenoxy) is 1. The highest BCUT2D eigenvalue weighted by Gasteiger charge is 2.18. The molecule has 33 heavy (non-hydrogen) atoms. The van der Waals surface area contributed by atoms with Crippen LogP contribution in [0.2, 0.25) is 0 Å². The number of aryl methyl sites for hydroxylation is 1. The Morgan fingerprint density at radius 3 is 2.61 bits per heavy atom. The molecule has 0 bridgehead atoms. The highest BCUT2D eigenvalue weighted by molar-refractivity contribution is 5.96. The fourth-order valence-corrected chi connectivity index (χ4v) is 4.01. The summed E-state index contributed by atoms with van der Waals surface area (Å²) < 4.78 is 5.45. The van der Waals surface area contributed by atoms with E-state index in [9.17, 15) is 9.59 Å². The average Bonchev–Trinajstić information content (AvgIpc) is 2.78. The molecule has 2 amide bonds. The van der Waals surface area contributed by atoms with Gasteiger partial charge in [0.05, 0.1) is 11.6 Å². The van der Waals surface area contributed by atoms with Crippen LogP contribution >= 0.6 is 0 Å². The Hall–Kier alpha value is -2.67. The smallest absolute Gasteiger partial charge is 0.224 e. The second-order valence-electron chi connectivity index (χ2n) is 9.37. The Bertz CT molecular complexity index is 952. The summed E-state index contributed by atoms with van der Waals surface area (Å²) in [7, 11) is 0. The Morgan fingerprint density at radius 2 is 1.88 bits per heavy atom. The van der Waals surface area contributed by atoms with Crippen LogP contribution in [0.5, 0.6) is 0 Å². The van der Waals surface area contributed by atoms with Crippen molar-refractivity contribution >= 4 is 34.2 Å². The molecule has 0 aliphatic carbocycles. The van der Waals surface area contributed by atoms with E-state index in [1.165, 1.54) is 12.8 Å². The lowest BCUT2D eigenvalue weighted by atomic mass is 9.99. The molecular formula is C26H38N4O3. The highest BCUT2D eigenvalue weighted by atomic mass is 16.5. The lowest BCUT2D eigenvalue weighted by Gasteiger charge is -2.31. The number of nitrogens with one attached hydrogen (secondary N) is 2. The minimum atomic E-state index is -0.169. The predicted molar refractivity (Wildman–Crippen MR) is 134 cm³/mol.